The lowest BCUT2D eigenvalue weighted by Gasteiger charge is -2.39. The van der Waals surface area contributed by atoms with Gasteiger partial charge in [-0.05, 0) is 18.2 Å². The fourth-order valence-electron chi connectivity index (χ4n) is 2.69. The molecule has 0 radical (unpaired) electrons. The molecule has 1 aliphatic rings. The van der Waals surface area contributed by atoms with Crippen LogP contribution >= 0.6 is 0 Å². The summed E-state index contributed by atoms with van der Waals surface area (Å²) >= 11 is 0. The summed E-state index contributed by atoms with van der Waals surface area (Å²) in [5.74, 6) is -1.02. The van der Waals surface area contributed by atoms with Crippen molar-refractivity contribution >= 4 is 23.0 Å². The number of hydrogen-bond donors (Lipinski definition) is 5. The minimum Gasteiger partial charge on any atom is -0.478 e. The van der Waals surface area contributed by atoms with Crippen molar-refractivity contribution in [1.82, 2.24) is 0 Å². The molecule has 0 saturated carbocycles. The lowest BCUT2D eigenvalue weighted by molar-refractivity contribution is -0.277. The third kappa shape index (κ3) is 3.57. The molecule has 1 aliphatic heterocycles. The Morgan fingerprint density at radius 1 is 1.19 bits per heavy atom. The molecule has 1 saturated heterocycles. The van der Waals surface area contributed by atoms with E-state index in [1.54, 1.807) is 12.1 Å². The van der Waals surface area contributed by atoms with E-state index in [1.807, 2.05) is 0 Å². The second-order valence-corrected chi connectivity index (χ2v) is 5.84. The molecule has 3 rings (SSSR count). The van der Waals surface area contributed by atoms with Gasteiger partial charge in [0.05, 0.1) is 12.9 Å². The molecule has 0 aliphatic carbocycles. The van der Waals surface area contributed by atoms with Crippen molar-refractivity contribution in [1.29, 1.82) is 0 Å². The van der Waals surface area contributed by atoms with Gasteiger partial charge in [-0.2, -0.15) is 0 Å². The van der Waals surface area contributed by atoms with E-state index in [-0.39, 0.29) is 5.75 Å². The van der Waals surface area contributed by atoms with Crippen LogP contribution in [-0.2, 0) is 9.53 Å². The lowest BCUT2D eigenvalue weighted by atomic mass is 9.99. The molecule has 2 heterocycles. The summed E-state index contributed by atoms with van der Waals surface area (Å²) in [4.78, 5) is 10.8. The first-order valence-electron chi connectivity index (χ1n) is 7.80. The average molecular weight is 366 g/mol. The molecule has 2 aromatic rings. The van der Waals surface area contributed by atoms with Gasteiger partial charge in [-0.3, -0.25) is 0 Å². The van der Waals surface area contributed by atoms with Crippen molar-refractivity contribution in [3.8, 4) is 5.75 Å². The highest BCUT2D eigenvalue weighted by Gasteiger charge is 2.44. The Hall–Kier alpha value is -2.43. The van der Waals surface area contributed by atoms with Crippen molar-refractivity contribution in [2.75, 3.05) is 6.61 Å². The van der Waals surface area contributed by atoms with E-state index in [2.05, 4.69) is 0 Å². The second-order valence-electron chi connectivity index (χ2n) is 5.84. The van der Waals surface area contributed by atoms with Crippen LogP contribution in [0.15, 0.2) is 35.0 Å². The van der Waals surface area contributed by atoms with Gasteiger partial charge in [0.2, 0.25) is 6.29 Å². The highest BCUT2D eigenvalue weighted by atomic mass is 16.7. The van der Waals surface area contributed by atoms with E-state index < -0.39 is 43.3 Å². The number of fused-ring (bicyclic) bond motifs is 1. The number of aliphatic hydroxyl groups excluding tert-OH is 4. The first-order chi connectivity index (χ1) is 12.4. The van der Waals surface area contributed by atoms with E-state index in [9.17, 15) is 25.2 Å². The predicted molar refractivity (Wildman–Crippen MR) is 87.3 cm³/mol. The minimum atomic E-state index is -1.59. The standard InChI is InChI=1S/C17H18O9/c18-7-12-14(21)15(22)16(23)17(26-12)25-11-6-10-9(3-4-24-10)5-8(11)1-2-13(19)20/h1-6,12,14-18,21-23H,7H2,(H,19,20)/b2-1+/t12-,14-,15+,16-,17-/m1/s1. The average Bonchev–Trinajstić information content (AvgIpc) is 3.07. The predicted octanol–water partition coefficient (Wildman–Crippen LogP) is -0.291. The molecule has 140 valence electrons. The number of carboxylic acid groups (broad SMARTS) is 1. The van der Waals surface area contributed by atoms with Gasteiger partial charge in [0.15, 0.2) is 0 Å². The number of aliphatic carboxylic acids is 1. The number of ether oxygens (including phenoxy) is 2. The Morgan fingerprint density at radius 2 is 1.96 bits per heavy atom. The van der Waals surface area contributed by atoms with Crippen LogP contribution in [0.1, 0.15) is 5.56 Å². The third-order valence-electron chi connectivity index (χ3n) is 4.08. The normalized spacial score (nSPS) is 29.3. The van der Waals surface area contributed by atoms with Gasteiger partial charge in [-0.1, -0.05) is 0 Å². The van der Waals surface area contributed by atoms with Crippen LogP contribution in [0.25, 0.3) is 17.0 Å². The number of hydrogen-bond acceptors (Lipinski definition) is 8. The Bertz CT molecular complexity index is 810. The second kappa shape index (κ2) is 7.44. The van der Waals surface area contributed by atoms with Gasteiger partial charge in [0.25, 0.3) is 0 Å². The fourth-order valence-corrected chi connectivity index (χ4v) is 2.69. The topological polar surface area (TPSA) is 150 Å². The van der Waals surface area contributed by atoms with Crippen molar-refractivity contribution in [2.24, 2.45) is 0 Å². The van der Waals surface area contributed by atoms with Gasteiger partial charge >= 0.3 is 5.97 Å². The maximum Gasteiger partial charge on any atom is 0.328 e. The number of aliphatic hydroxyl groups is 4. The summed E-state index contributed by atoms with van der Waals surface area (Å²) in [5.41, 5.74) is 0.829. The van der Waals surface area contributed by atoms with Crippen LogP contribution in [0.4, 0.5) is 0 Å². The molecule has 0 spiro atoms. The SMILES string of the molecule is O=C(O)/C=C/c1cc2ccoc2cc1O[C@@H]1O[C@H](CO)[C@@H](O)[C@H](O)[C@H]1O. The largest absolute Gasteiger partial charge is 0.478 e. The third-order valence-corrected chi connectivity index (χ3v) is 4.08. The molecule has 26 heavy (non-hydrogen) atoms. The van der Waals surface area contributed by atoms with Crippen molar-refractivity contribution in [2.45, 2.75) is 30.7 Å². The molecule has 9 nitrogen and oxygen atoms in total. The first-order valence-corrected chi connectivity index (χ1v) is 7.80. The number of benzene rings is 1. The Labute approximate surface area is 147 Å². The highest BCUT2D eigenvalue weighted by Crippen LogP contribution is 2.31. The number of furan rings is 1. The Balaban J connectivity index is 1.93. The summed E-state index contributed by atoms with van der Waals surface area (Å²) < 4.78 is 16.2. The van der Waals surface area contributed by atoms with E-state index in [4.69, 9.17) is 19.0 Å². The van der Waals surface area contributed by atoms with Gasteiger partial charge in [0.1, 0.15) is 35.7 Å². The maximum absolute atomic E-state index is 10.8. The molecule has 5 N–H and O–H groups in total. The van der Waals surface area contributed by atoms with E-state index >= 15 is 0 Å². The zero-order chi connectivity index (χ0) is 18.8. The summed E-state index contributed by atoms with van der Waals surface area (Å²) in [6.45, 7) is -0.589. The number of carboxylic acids is 1. The van der Waals surface area contributed by atoms with Crippen LogP contribution in [0.3, 0.4) is 0 Å². The van der Waals surface area contributed by atoms with Crippen LogP contribution < -0.4 is 4.74 Å². The number of carbonyl (C=O) groups is 1. The molecule has 0 amide bonds. The molecule has 5 atom stereocenters. The Morgan fingerprint density at radius 3 is 2.65 bits per heavy atom. The Kier molecular flexibility index (Phi) is 5.25. The van der Waals surface area contributed by atoms with Crippen molar-refractivity contribution in [3.05, 3.63) is 36.1 Å². The summed E-state index contributed by atoms with van der Waals surface area (Å²) in [5, 5.41) is 48.5. The van der Waals surface area contributed by atoms with Gasteiger partial charge in [-0.15, -0.1) is 0 Å². The van der Waals surface area contributed by atoms with Crippen molar-refractivity contribution < 1.29 is 44.2 Å². The zero-order valence-corrected chi connectivity index (χ0v) is 13.4. The molecule has 1 fully saturated rings. The summed E-state index contributed by atoms with van der Waals surface area (Å²) in [6, 6.07) is 4.79. The first kappa shape index (κ1) is 18.4. The molecule has 1 aromatic heterocycles. The smallest absolute Gasteiger partial charge is 0.328 e. The molecule has 0 unspecified atom stereocenters. The van der Waals surface area contributed by atoms with Crippen LogP contribution in [0.2, 0.25) is 0 Å². The van der Waals surface area contributed by atoms with E-state index in [0.717, 1.165) is 6.08 Å². The zero-order valence-electron chi connectivity index (χ0n) is 13.4. The van der Waals surface area contributed by atoms with E-state index in [0.29, 0.717) is 16.5 Å². The summed E-state index contributed by atoms with van der Waals surface area (Å²) in [7, 11) is 0. The summed E-state index contributed by atoms with van der Waals surface area (Å²) in [6.07, 6.45) is -3.53. The monoisotopic (exact) mass is 366 g/mol. The van der Waals surface area contributed by atoms with Gasteiger partial charge in [0, 0.05) is 23.1 Å². The van der Waals surface area contributed by atoms with Crippen LogP contribution in [-0.4, -0.2) is 68.8 Å². The van der Waals surface area contributed by atoms with E-state index in [1.165, 1.54) is 18.4 Å². The van der Waals surface area contributed by atoms with Crippen LogP contribution in [0.5, 0.6) is 5.75 Å². The molecular weight excluding hydrogens is 348 g/mol. The lowest BCUT2D eigenvalue weighted by Crippen LogP contribution is -2.60. The molecule has 1 aromatic carbocycles. The highest BCUT2D eigenvalue weighted by molar-refractivity contribution is 5.89. The minimum absolute atomic E-state index is 0.134. The molecular formula is C17H18O9. The quantitative estimate of drug-likeness (QED) is 0.450. The number of rotatable bonds is 5. The van der Waals surface area contributed by atoms with Gasteiger partial charge in [-0.25, -0.2) is 4.79 Å². The molecule has 0 bridgehead atoms. The van der Waals surface area contributed by atoms with Crippen LogP contribution in [0, 0.1) is 0 Å². The fraction of sp³-hybridized carbons (Fsp3) is 0.353. The molecule has 9 heteroatoms. The van der Waals surface area contributed by atoms with Gasteiger partial charge < -0.3 is 39.4 Å². The van der Waals surface area contributed by atoms with Crippen molar-refractivity contribution in [3.63, 3.8) is 0 Å². The maximum atomic E-state index is 10.8.